The van der Waals surface area contributed by atoms with E-state index in [0.29, 0.717) is 16.5 Å². The third-order valence-electron chi connectivity index (χ3n) is 3.99. The van der Waals surface area contributed by atoms with E-state index in [1.165, 1.54) is 17.7 Å². The number of tetrazole rings is 1. The van der Waals surface area contributed by atoms with E-state index in [9.17, 15) is 18.0 Å². The Bertz CT molecular complexity index is 949. The van der Waals surface area contributed by atoms with Gasteiger partial charge in [-0.15, -0.1) is 5.10 Å². The largest absolute Gasteiger partial charge is 0.406 e. The molecular weight excluding hydrogens is 379 g/mol. The van der Waals surface area contributed by atoms with Gasteiger partial charge in [0.25, 0.3) is 0 Å². The van der Waals surface area contributed by atoms with Gasteiger partial charge >= 0.3 is 6.18 Å². The second-order valence-electron chi connectivity index (χ2n) is 5.91. The Morgan fingerprint density at radius 2 is 1.89 bits per heavy atom. The summed E-state index contributed by atoms with van der Waals surface area (Å²) >= 11 is 1.13. The van der Waals surface area contributed by atoms with E-state index in [1.54, 1.807) is 6.92 Å². The smallest absolute Gasteiger partial charge is 0.339 e. The summed E-state index contributed by atoms with van der Waals surface area (Å²) in [5.74, 6) is -0.257. The fourth-order valence-electron chi connectivity index (χ4n) is 2.71. The van der Waals surface area contributed by atoms with E-state index >= 15 is 0 Å². The number of Topliss-reactive ketones (excluding diaryl/α,β-unsaturated/α-hetero) is 1. The van der Waals surface area contributed by atoms with Crippen LogP contribution in [0.25, 0.3) is 5.69 Å². The Kier molecular flexibility index (Phi) is 5.36. The molecule has 10 heteroatoms. The third kappa shape index (κ3) is 4.38. The zero-order chi connectivity index (χ0) is 19.6. The van der Waals surface area contributed by atoms with Gasteiger partial charge in [-0.25, -0.2) is 0 Å². The number of hydrogen-bond donors (Lipinski definition) is 0. The number of carbonyl (C=O) groups excluding carboxylic acids is 1. The molecule has 0 bridgehead atoms. The molecule has 0 aliphatic rings. The Labute approximate surface area is 157 Å². The van der Waals surface area contributed by atoms with Crippen molar-refractivity contribution in [1.29, 1.82) is 0 Å². The molecule has 0 radical (unpaired) electrons. The maximum atomic E-state index is 12.7. The van der Waals surface area contributed by atoms with Crippen LogP contribution in [0.3, 0.4) is 0 Å². The maximum Gasteiger partial charge on any atom is 0.406 e. The minimum absolute atomic E-state index is 0.0174. The number of aromatic nitrogens is 5. The number of benzene rings is 1. The molecule has 0 spiro atoms. The Morgan fingerprint density at radius 1 is 1.19 bits per heavy atom. The van der Waals surface area contributed by atoms with Gasteiger partial charge in [-0.1, -0.05) is 30.0 Å². The Hall–Kier alpha value is -2.62. The van der Waals surface area contributed by atoms with Crippen LogP contribution in [-0.2, 0) is 6.54 Å². The lowest BCUT2D eigenvalue weighted by molar-refractivity contribution is -0.141. The summed E-state index contributed by atoms with van der Waals surface area (Å²) in [4.78, 5) is 12.5. The van der Waals surface area contributed by atoms with Crippen molar-refractivity contribution in [3.05, 3.63) is 53.3 Å². The summed E-state index contributed by atoms with van der Waals surface area (Å²) < 4.78 is 40.8. The number of halogens is 3. The fourth-order valence-corrected chi connectivity index (χ4v) is 3.49. The van der Waals surface area contributed by atoms with Crippen LogP contribution in [0.2, 0.25) is 0 Å². The summed E-state index contributed by atoms with van der Waals surface area (Å²) in [6.07, 6.45) is -4.35. The first kappa shape index (κ1) is 19.2. The van der Waals surface area contributed by atoms with E-state index in [-0.39, 0.29) is 17.1 Å². The van der Waals surface area contributed by atoms with Crippen LogP contribution in [0.1, 0.15) is 21.7 Å². The zero-order valence-electron chi connectivity index (χ0n) is 14.6. The molecule has 0 amide bonds. The van der Waals surface area contributed by atoms with Crippen molar-refractivity contribution in [2.24, 2.45) is 0 Å². The highest BCUT2D eigenvalue weighted by atomic mass is 32.2. The van der Waals surface area contributed by atoms with Gasteiger partial charge in [0.05, 0.1) is 11.4 Å². The van der Waals surface area contributed by atoms with Crippen molar-refractivity contribution in [3.8, 4) is 5.69 Å². The molecule has 3 rings (SSSR count). The van der Waals surface area contributed by atoms with Gasteiger partial charge in [-0.2, -0.15) is 17.9 Å². The zero-order valence-corrected chi connectivity index (χ0v) is 15.4. The number of para-hydroxylation sites is 1. The van der Waals surface area contributed by atoms with Gasteiger partial charge < -0.3 is 4.57 Å². The molecule has 2 heterocycles. The van der Waals surface area contributed by atoms with Crippen molar-refractivity contribution in [2.75, 3.05) is 5.75 Å². The average molecular weight is 395 g/mol. The lowest BCUT2D eigenvalue weighted by Crippen LogP contribution is -2.19. The fraction of sp³-hybridized carbons (Fsp3) is 0.294. The summed E-state index contributed by atoms with van der Waals surface area (Å²) in [6.45, 7) is 1.96. The summed E-state index contributed by atoms with van der Waals surface area (Å²) in [5.41, 5.74) is 1.73. The number of aryl methyl sites for hydroxylation is 1. The van der Waals surface area contributed by atoms with Crippen molar-refractivity contribution in [2.45, 2.75) is 31.7 Å². The van der Waals surface area contributed by atoms with Gasteiger partial charge in [0.15, 0.2) is 5.78 Å². The maximum absolute atomic E-state index is 12.7. The molecule has 27 heavy (non-hydrogen) atoms. The average Bonchev–Trinajstić information content (AvgIpc) is 3.19. The lowest BCUT2D eigenvalue weighted by atomic mass is 10.2. The second-order valence-corrected chi connectivity index (χ2v) is 6.85. The van der Waals surface area contributed by atoms with Crippen LogP contribution in [0.5, 0.6) is 0 Å². The van der Waals surface area contributed by atoms with Crippen LogP contribution in [0, 0.1) is 13.8 Å². The molecule has 0 unspecified atom stereocenters. The monoisotopic (exact) mass is 395 g/mol. The Morgan fingerprint density at radius 3 is 2.56 bits per heavy atom. The van der Waals surface area contributed by atoms with Gasteiger partial charge in [0, 0.05) is 17.0 Å². The van der Waals surface area contributed by atoms with E-state index < -0.39 is 12.7 Å². The highest BCUT2D eigenvalue weighted by molar-refractivity contribution is 7.99. The molecule has 2 aromatic heterocycles. The molecule has 3 aromatic rings. The number of rotatable bonds is 6. The minimum atomic E-state index is -4.35. The highest BCUT2D eigenvalue weighted by Gasteiger charge is 2.30. The van der Waals surface area contributed by atoms with Crippen LogP contribution in [-0.4, -0.2) is 42.5 Å². The van der Waals surface area contributed by atoms with Crippen LogP contribution in [0.15, 0.2) is 41.6 Å². The molecule has 6 nitrogen and oxygen atoms in total. The van der Waals surface area contributed by atoms with Crippen molar-refractivity contribution < 1.29 is 18.0 Å². The van der Waals surface area contributed by atoms with E-state index in [1.807, 2.05) is 30.3 Å². The molecular formula is C17H16F3N5OS. The van der Waals surface area contributed by atoms with Crippen molar-refractivity contribution in [3.63, 3.8) is 0 Å². The number of carbonyl (C=O) groups is 1. The predicted octanol–water partition coefficient (Wildman–Crippen LogP) is 3.62. The minimum Gasteiger partial charge on any atom is -0.339 e. The van der Waals surface area contributed by atoms with Gasteiger partial charge in [-0.05, 0) is 42.5 Å². The third-order valence-corrected chi connectivity index (χ3v) is 4.90. The van der Waals surface area contributed by atoms with E-state index in [2.05, 4.69) is 15.5 Å². The molecule has 0 aliphatic heterocycles. The molecule has 0 atom stereocenters. The number of thioether (sulfide) groups is 1. The SMILES string of the molecule is Cc1cc(C(=O)CSc2nnnn2-c2ccccc2)c(C)n1CC(F)(F)F. The molecule has 0 fully saturated rings. The van der Waals surface area contributed by atoms with E-state index in [4.69, 9.17) is 0 Å². The normalized spacial score (nSPS) is 11.7. The number of hydrogen-bond acceptors (Lipinski definition) is 5. The number of alkyl halides is 3. The Balaban J connectivity index is 1.75. The predicted molar refractivity (Wildman–Crippen MR) is 94.2 cm³/mol. The van der Waals surface area contributed by atoms with Crippen molar-refractivity contribution >= 4 is 17.5 Å². The molecule has 1 aromatic carbocycles. The topological polar surface area (TPSA) is 65.6 Å². The molecule has 0 saturated carbocycles. The molecule has 142 valence electrons. The molecule has 0 N–H and O–H groups in total. The lowest BCUT2D eigenvalue weighted by Gasteiger charge is -2.12. The van der Waals surface area contributed by atoms with Gasteiger partial charge in [0.2, 0.25) is 5.16 Å². The van der Waals surface area contributed by atoms with Crippen LogP contribution in [0.4, 0.5) is 13.2 Å². The van der Waals surface area contributed by atoms with Crippen LogP contribution < -0.4 is 0 Å². The second kappa shape index (κ2) is 7.55. The highest BCUT2D eigenvalue weighted by Crippen LogP contribution is 2.25. The van der Waals surface area contributed by atoms with Crippen molar-refractivity contribution in [1.82, 2.24) is 24.8 Å². The molecule has 0 aliphatic carbocycles. The van der Waals surface area contributed by atoms with E-state index in [0.717, 1.165) is 22.0 Å². The summed E-state index contributed by atoms with van der Waals surface area (Å²) in [6, 6.07) is 10.7. The molecule has 0 saturated heterocycles. The first-order valence-corrected chi connectivity index (χ1v) is 8.98. The quantitative estimate of drug-likeness (QED) is 0.471. The number of nitrogens with zero attached hydrogens (tertiary/aromatic N) is 5. The van der Waals surface area contributed by atoms with Crippen LogP contribution >= 0.6 is 11.8 Å². The summed E-state index contributed by atoms with van der Waals surface area (Å²) in [5, 5.41) is 11.9. The number of ketones is 1. The van der Waals surface area contributed by atoms with Gasteiger partial charge in [0.1, 0.15) is 6.54 Å². The first-order chi connectivity index (χ1) is 12.8. The standard InChI is InChI=1S/C17H16F3N5OS/c1-11-8-14(12(2)24(11)10-17(18,19)20)15(26)9-27-16-21-22-23-25(16)13-6-4-3-5-7-13/h3-8H,9-10H2,1-2H3. The summed E-state index contributed by atoms with van der Waals surface area (Å²) in [7, 11) is 0. The first-order valence-electron chi connectivity index (χ1n) is 7.99. The van der Waals surface area contributed by atoms with Gasteiger partial charge in [-0.3, -0.25) is 4.79 Å².